The molecule has 1 aliphatic rings. The highest BCUT2D eigenvalue weighted by Gasteiger charge is 2.28. The third-order valence-corrected chi connectivity index (χ3v) is 5.83. The van der Waals surface area contributed by atoms with E-state index in [1.807, 2.05) is 40.8 Å². The Hall–Kier alpha value is -3.48. The van der Waals surface area contributed by atoms with E-state index in [1.54, 1.807) is 25.1 Å². The number of aromatic nitrogens is 2. The molecule has 2 aromatic carbocycles. The van der Waals surface area contributed by atoms with Crippen LogP contribution in [-0.2, 0) is 4.74 Å². The van der Waals surface area contributed by atoms with E-state index in [9.17, 15) is 14.0 Å². The average molecular weight is 435 g/mol. The monoisotopic (exact) mass is 435 g/mol. The largest absolute Gasteiger partial charge is 0.461 e. The Morgan fingerprint density at radius 3 is 2.44 bits per heavy atom. The fraction of sp³-hybridized carbons (Fsp3) is 0.320. The van der Waals surface area contributed by atoms with Gasteiger partial charge in [-0.15, -0.1) is 0 Å². The molecule has 0 atom stereocenters. The number of benzene rings is 2. The van der Waals surface area contributed by atoms with Crippen molar-refractivity contribution in [2.75, 3.05) is 19.7 Å². The molecule has 0 unspecified atom stereocenters. The van der Waals surface area contributed by atoms with Crippen LogP contribution in [0.2, 0.25) is 0 Å². The van der Waals surface area contributed by atoms with Crippen molar-refractivity contribution in [1.82, 2.24) is 14.7 Å². The van der Waals surface area contributed by atoms with Gasteiger partial charge in [0.2, 0.25) is 0 Å². The first-order valence-corrected chi connectivity index (χ1v) is 10.9. The van der Waals surface area contributed by atoms with Gasteiger partial charge in [0.1, 0.15) is 5.82 Å². The number of nitrogens with zero attached hydrogens (tertiary/aromatic N) is 3. The maximum absolute atomic E-state index is 13.4. The molecule has 1 aliphatic heterocycles. The summed E-state index contributed by atoms with van der Waals surface area (Å²) in [7, 11) is 0. The zero-order chi connectivity index (χ0) is 22.7. The van der Waals surface area contributed by atoms with Crippen molar-refractivity contribution in [3.63, 3.8) is 0 Å². The summed E-state index contributed by atoms with van der Waals surface area (Å²) in [6.45, 7) is 5.13. The fourth-order valence-electron chi connectivity index (χ4n) is 4.11. The molecule has 0 saturated carbocycles. The zero-order valence-corrected chi connectivity index (χ0v) is 18.3. The quantitative estimate of drug-likeness (QED) is 0.547. The summed E-state index contributed by atoms with van der Waals surface area (Å²) in [5.74, 6) is -0.775. The fourth-order valence-corrected chi connectivity index (χ4v) is 4.11. The van der Waals surface area contributed by atoms with Gasteiger partial charge in [-0.05, 0) is 68.7 Å². The number of ether oxygens (including phenoxy) is 1. The van der Waals surface area contributed by atoms with E-state index in [0.717, 1.165) is 22.4 Å². The molecule has 1 aromatic heterocycles. The zero-order valence-electron chi connectivity index (χ0n) is 18.3. The first kappa shape index (κ1) is 21.7. The van der Waals surface area contributed by atoms with Gasteiger partial charge in [-0.1, -0.05) is 18.2 Å². The number of hydrogen-bond acceptors (Lipinski definition) is 4. The smallest absolute Gasteiger partial charge is 0.358 e. The molecule has 1 fully saturated rings. The van der Waals surface area contributed by atoms with Crippen molar-refractivity contribution in [2.24, 2.45) is 0 Å². The Labute approximate surface area is 186 Å². The van der Waals surface area contributed by atoms with Crippen LogP contribution in [0.15, 0.2) is 54.6 Å². The van der Waals surface area contributed by atoms with Crippen molar-refractivity contribution in [3.05, 3.63) is 77.2 Å². The predicted octanol–water partition coefficient (Wildman–Crippen LogP) is 4.65. The second-order valence-electron chi connectivity index (χ2n) is 7.93. The maximum Gasteiger partial charge on any atom is 0.358 e. The van der Waals surface area contributed by atoms with E-state index in [4.69, 9.17) is 4.74 Å². The summed E-state index contributed by atoms with van der Waals surface area (Å²) in [6.07, 6.45) is 1.41. The van der Waals surface area contributed by atoms with Crippen molar-refractivity contribution >= 4 is 11.9 Å². The van der Waals surface area contributed by atoms with Crippen LogP contribution in [0.5, 0.6) is 0 Å². The van der Waals surface area contributed by atoms with Gasteiger partial charge >= 0.3 is 5.97 Å². The Morgan fingerprint density at radius 2 is 1.78 bits per heavy atom. The standard InChI is InChI=1S/C25H26FN3O3/c1-3-32-25(31)22-16-23(18-8-10-19(26)11-9-18)29(27-22)20-12-14-28(15-13-20)24(30)21-7-5-4-6-17(21)2/h4-11,16,20H,3,12-15H2,1-2H3. The molecule has 4 rings (SSSR count). The number of hydrogen-bond donors (Lipinski definition) is 0. The molecule has 32 heavy (non-hydrogen) atoms. The predicted molar refractivity (Wildman–Crippen MR) is 119 cm³/mol. The Kier molecular flexibility index (Phi) is 6.35. The highest BCUT2D eigenvalue weighted by molar-refractivity contribution is 5.95. The van der Waals surface area contributed by atoms with Crippen molar-refractivity contribution in [2.45, 2.75) is 32.7 Å². The Bertz CT molecular complexity index is 1120. The van der Waals surface area contributed by atoms with E-state index >= 15 is 0 Å². The molecule has 0 N–H and O–H groups in total. The van der Waals surface area contributed by atoms with Gasteiger partial charge < -0.3 is 9.64 Å². The highest BCUT2D eigenvalue weighted by atomic mass is 19.1. The van der Waals surface area contributed by atoms with Crippen molar-refractivity contribution in [3.8, 4) is 11.3 Å². The van der Waals surface area contributed by atoms with Gasteiger partial charge in [-0.2, -0.15) is 5.10 Å². The molecule has 7 heteroatoms. The minimum Gasteiger partial charge on any atom is -0.461 e. The first-order chi connectivity index (χ1) is 15.5. The van der Waals surface area contributed by atoms with E-state index in [2.05, 4.69) is 5.10 Å². The molecule has 6 nitrogen and oxygen atoms in total. The molecule has 0 bridgehead atoms. The number of esters is 1. The molecule has 1 saturated heterocycles. The molecule has 1 amide bonds. The van der Waals surface area contributed by atoms with Crippen molar-refractivity contribution < 1.29 is 18.7 Å². The lowest BCUT2D eigenvalue weighted by Crippen LogP contribution is -2.39. The number of halogens is 1. The van der Waals surface area contributed by atoms with E-state index in [1.165, 1.54) is 12.1 Å². The van der Waals surface area contributed by atoms with Crippen LogP contribution in [0.1, 0.15) is 52.2 Å². The summed E-state index contributed by atoms with van der Waals surface area (Å²) in [5.41, 5.74) is 3.42. The highest BCUT2D eigenvalue weighted by Crippen LogP contribution is 2.30. The third kappa shape index (κ3) is 4.42. The number of likely N-dealkylation sites (tertiary alicyclic amines) is 1. The normalized spacial score (nSPS) is 14.4. The van der Waals surface area contributed by atoms with Gasteiger partial charge in [0.15, 0.2) is 5.69 Å². The molecular formula is C25H26FN3O3. The second kappa shape index (κ2) is 9.34. The summed E-state index contributed by atoms with van der Waals surface area (Å²) in [6, 6.07) is 15.4. The van der Waals surface area contributed by atoms with Crippen LogP contribution in [-0.4, -0.2) is 46.3 Å². The minimum atomic E-state index is -0.484. The molecule has 0 spiro atoms. The van der Waals surface area contributed by atoms with Crippen LogP contribution in [0, 0.1) is 12.7 Å². The van der Waals surface area contributed by atoms with Crippen molar-refractivity contribution in [1.29, 1.82) is 0 Å². The van der Waals surface area contributed by atoms with E-state index < -0.39 is 5.97 Å². The minimum absolute atomic E-state index is 0.0131. The van der Waals surface area contributed by atoms with Gasteiger partial charge in [-0.25, -0.2) is 9.18 Å². The number of carbonyl (C=O) groups excluding carboxylic acids is 2. The van der Waals surface area contributed by atoms with Crippen LogP contribution < -0.4 is 0 Å². The molecule has 166 valence electrons. The van der Waals surface area contributed by atoms with E-state index in [0.29, 0.717) is 25.9 Å². The average Bonchev–Trinajstić information content (AvgIpc) is 3.25. The van der Waals surface area contributed by atoms with Gasteiger partial charge in [0, 0.05) is 24.2 Å². The summed E-state index contributed by atoms with van der Waals surface area (Å²) in [5, 5.41) is 4.54. The number of carbonyl (C=O) groups is 2. The van der Waals surface area contributed by atoms with Crippen LogP contribution in [0.4, 0.5) is 4.39 Å². The molecular weight excluding hydrogens is 409 g/mol. The van der Waals surface area contributed by atoms with Crippen LogP contribution in [0.25, 0.3) is 11.3 Å². The third-order valence-electron chi connectivity index (χ3n) is 5.83. The Morgan fingerprint density at radius 1 is 1.09 bits per heavy atom. The number of amides is 1. The van der Waals surface area contributed by atoms with Crippen LogP contribution in [0.3, 0.4) is 0 Å². The first-order valence-electron chi connectivity index (χ1n) is 10.9. The summed E-state index contributed by atoms with van der Waals surface area (Å²) in [4.78, 5) is 27.1. The lowest BCUT2D eigenvalue weighted by Gasteiger charge is -2.33. The van der Waals surface area contributed by atoms with Gasteiger partial charge in [0.05, 0.1) is 18.3 Å². The lowest BCUT2D eigenvalue weighted by atomic mass is 10.0. The van der Waals surface area contributed by atoms with Gasteiger partial charge in [0.25, 0.3) is 5.91 Å². The molecule has 3 aromatic rings. The molecule has 0 aliphatic carbocycles. The molecule has 0 radical (unpaired) electrons. The maximum atomic E-state index is 13.4. The van der Waals surface area contributed by atoms with Crippen LogP contribution >= 0.6 is 0 Å². The molecule has 2 heterocycles. The number of rotatable bonds is 5. The Balaban J connectivity index is 1.57. The topological polar surface area (TPSA) is 64.4 Å². The second-order valence-corrected chi connectivity index (χ2v) is 7.93. The number of aryl methyl sites for hydroxylation is 1. The number of piperidine rings is 1. The van der Waals surface area contributed by atoms with Gasteiger partial charge in [-0.3, -0.25) is 9.48 Å². The van der Waals surface area contributed by atoms with E-state index in [-0.39, 0.29) is 30.1 Å². The summed E-state index contributed by atoms with van der Waals surface area (Å²) >= 11 is 0. The lowest BCUT2D eigenvalue weighted by molar-refractivity contribution is 0.0517. The summed E-state index contributed by atoms with van der Waals surface area (Å²) < 4.78 is 20.4. The SMILES string of the molecule is CCOC(=O)c1cc(-c2ccc(F)cc2)n(C2CCN(C(=O)c3ccccc3C)CC2)n1.